The molecule has 2 N–H and O–H groups in total. The molecule has 0 aliphatic heterocycles. The summed E-state index contributed by atoms with van der Waals surface area (Å²) in [5, 5.41) is 0. The quantitative estimate of drug-likeness (QED) is 0.802. The smallest absolute Gasteiger partial charge is 0.0470 e. The summed E-state index contributed by atoms with van der Waals surface area (Å²) >= 11 is 0. The van der Waals surface area contributed by atoms with E-state index in [0.717, 1.165) is 13.1 Å². The molecule has 2 nitrogen and oxygen atoms in total. The van der Waals surface area contributed by atoms with Gasteiger partial charge in [-0.05, 0) is 17.4 Å². The molecule has 1 atom stereocenters. The maximum absolute atomic E-state index is 6.02. The van der Waals surface area contributed by atoms with Crippen LogP contribution in [0.15, 0.2) is 30.3 Å². The van der Waals surface area contributed by atoms with Gasteiger partial charge in [0.15, 0.2) is 0 Å². The van der Waals surface area contributed by atoms with Crippen LogP contribution >= 0.6 is 0 Å². The fourth-order valence-corrected chi connectivity index (χ4v) is 2.44. The maximum Gasteiger partial charge on any atom is 0.0470 e. The van der Waals surface area contributed by atoms with Crippen molar-refractivity contribution in [2.45, 2.75) is 33.7 Å². The van der Waals surface area contributed by atoms with Crippen LogP contribution in [-0.4, -0.2) is 24.5 Å². The molecule has 1 rings (SSSR count). The van der Waals surface area contributed by atoms with Gasteiger partial charge in [-0.15, -0.1) is 0 Å². The molecule has 2 heteroatoms. The van der Waals surface area contributed by atoms with Gasteiger partial charge < -0.3 is 5.73 Å². The van der Waals surface area contributed by atoms with Gasteiger partial charge >= 0.3 is 0 Å². The second-order valence-corrected chi connectivity index (χ2v) is 5.90. The molecule has 0 saturated carbocycles. The lowest BCUT2D eigenvalue weighted by atomic mass is 10.0. The van der Waals surface area contributed by atoms with Crippen molar-refractivity contribution in [3.63, 3.8) is 0 Å². The molecule has 1 aromatic rings. The summed E-state index contributed by atoms with van der Waals surface area (Å²) < 4.78 is 0. The maximum atomic E-state index is 6.02. The van der Waals surface area contributed by atoms with Crippen LogP contribution in [-0.2, 0) is 0 Å². The van der Waals surface area contributed by atoms with Crippen LogP contribution in [0, 0.1) is 11.8 Å². The lowest BCUT2D eigenvalue weighted by Gasteiger charge is -2.34. The summed E-state index contributed by atoms with van der Waals surface area (Å²) in [5.41, 5.74) is 7.35. The van der Waals surface area contributed by atoms with Crippen molar-refractivity contribution in [2.24, 2.45) is 17.6 Å². The SMILES string of the molecule is CC(C)CN(CC(C)C)C(CN)c1ccccc1. The number of hydrogen-bond acceptors (Lipinski definition) is 2. The summed E-state index contributed by atoms with van der Waals surface area (Å²) in [4.78, 5) is 2.53. The number of nitrogens with two attached hydrogens (primary N) is 1. The van der Waals surface area contributed by atoms with Gasteiger partial charge in [0.25, 0.3) is 0 Å². The first-order chi connectivity index (χ1) is 8.54. The topological polar surface area (TPSA) is 29.3 Å². The average molecular weight is 248 g/mol. The van der Waals surface area contributed by atoms with E-state index < -0.39 is 0 Å². The highest BCUT2D eigenvalue weighted by Gasteiger charge is 2.20. The Morgan fingerprint density at radius 2 is 1.44 bits per heavy atom. The van der Waals surface area contributed by atoms with Crippen LogP contribution in [0.1, 0.15) is 39.3 Å². The van der Waals surface area contributed by atoms with Gasteiger partial charge in [0, 0.05) is 25.7 Å². The molecule has 0 amide bonds. The van der Waals surface area contributed by atoms with Crippen LogP contribution in [0.5, 0.6) is 0 Å². The van der Waals surface area contributed by atoms with Crippen molar-refractivity contribution in [3.8, 4) is 0 Å². The third-order valence-corrected chi connectivity index (χ3v) is 3.05. The first kappa shape index (κ1) is 15.2. The summed E-state index contributed by atoms with van der Waals surface area (Å²) in [7, 11) is 0. The van der Waals surface area contributed by atoms with E-state index in [1.54, 1.807) is 0 Å². The van der Waals surface area contributed by atoms with Crippen LogP contribution in [0.2, 0.25) is 0 Å². The van der Waals surface area contributed by atoms with Crippen LogP contribution in [0.4, 0.5) is 0 Å². The van der Waals surface area contributed by atoms with E-state index in [1.165, 1.54) is 5.56 Å². The van der Waals surface area contributed by atoms with E-state index in [1.807, 2.05) is 0 Å². The molecular formula is C16H28N2. The predicted molar refractivity (Wildman–Crippen MR) is 79.5 cm³/mol. The van der Waals surface area contributed by atoms with Crippen molar-refractivity contribution >= 4 is 0 Å². The molecule has 0 aromatic heterocycles. The zero-order valence-corrected chi connectivity index (χ0v) is 12.3. The zero-order valence-electron chi connectivity index (χ0n) is 12.3. The van der Waals surface area contributed by atoms with E-state index in [4.69, 9.17) is 5.73 Å². The number of benzene rings is 1. The molecule has 0 bridgehead atoms. The molecule has 0 heterocycles. The van der Waals surface area contributed by atoms with Crippen molar-refractivity contribution < 1.29 is 0 Å². The summed E-state index contributed by atoms with van der Waals surface area (Å²) in [6.07, 6.45) is 0. The van der Waals surface area contributed by atoms with E-state index in [2.05, 4.69) is 62.9 Å². The summed E-state index contributed by atoms with van der Waals surface area (Å²) in [5.74, 6) is 1.34. The Morgan fingerprint density at radius 3 is 1.83 bits per heavy atom. The Hall–Kier alpha value is -0.860. The molecule has 18 heavy (non-hydrogen) atoms. The summed E-state index contributed by atoms with van der Waals surface area (Å²) in [6.45, 7) is 12.0. The third-order valence-electron chi connectivity index (χ3n) is 3.05. The molecule has 102 valence electrons. The molecular weight excluding hydrogens is 220 g/mol. The fraction of sp³-hybridized carbons (Fsp3) is 0.625. The highest BCUT2D eigenvalue weighted by Crippen LogP contribution is 2.21. The minimum Gasteiger partial charge on any atom is -0.329 e. The van der Waals surface area contributed by atoms with Gasteiger partial charge in [-0.2, -0.15) is 0 Å². The third kappa shape index (κ3) is 4.79. The lowest BCUT2D eigenvalue weighted by molar-refractivity contribution is 0.160. The Bertz CT molecular complexity index is 309. The van der Waals surface area contributed by atoms with Gasteiger partial charge in [0.1, 0.15) is 0 Å². The minimum absolute atomic E-state index is 0.344. The molecule has 0 fully saturated rings. The largest absolute Gasteiger partial charge is 0.329 e. The average Bonchev–Trinajstić information content (AvgIpc) is 2.29. The second kappa shape index (κ2) is 7.55. The van der Waals surface area contributed by atoms with Gasteiger partial charge in [0.05, 0.1) is 0 Å². The number of rotatable bonds is 7. The van der Waals surface area contributed by atoms with Gasteiger partial charge in [0.2, 0.25) is 0 Å². The number of nitrogens with zero attached hydrogens (tertiary/aromatic N) is 1. The molecule has 0 radical (unpaired) electrons. The normalized spacial score (nSPS) is 13.6. The Kier molecular flexibility index (Phi) is 6.37. The lowest BCUT2D eigenvalue weighted by Crippen LogP contribution is -2.38. The molecule has 1 unspecified atom stereocenters. The standard InChI is InChI=1S/C16H28N2/c1-13(2)11-18(12-14(3)4)16(10-17)15-8-6-5-7-9-15/h5-9,13-14,16H,10-12,17H2,1-4H3. The fourth-order valence-electron chi connectivity index (χ4n) is 2.44. The van der Waals surface area contributed by atoms with E-state index in [-0.39, 0.29) is 0 Å². The highest BCUT2D eigenvalue weighted by atomic mass is 15.2. The first-order valence-electron chi connectivity index (χ1n) is 7.03. The summed E-state index contributed by atoms with van der Waals surface area (Å²) in [6, 6.07) is 11.0. The van der Waals surface area contributed by atoms with Crippen molar-refractivity contribution in [2.75, 3.05) is 19.6 Å². The van der Waals surface area contributed by atoms with Crippen LogP contribution < -0.4 is 5.73 Å². The van der Waals surface area contributed by atoms with Gasteiger partial charge in [-0.25, -0.2) is 0 Å². The van der Waals surface area contributed by atoms with Crippen LogP contribution in [0.3, 0.4) is 0 Å². The first-order valence-corrected chi connectivity index (χ1v) is 7.03. The molecule has 0 spiro atoms. The molecule has 0 aliphatic rings. The molecule has 0 aliphatic carbocycles. The Balaban J connectivity index is 2.86. The van der Waals surface area contributed by atoms with E-state index >= 15 is 0 Å². The highest BCUT2D eigenvalue weighted by molar-refractivity contribution is 5.19. The van der Waals surface area contributed by atoms with E-state index in [0.29, 0.717) is 24.4 Å². The predicted octanol–water partition coefficient (Wildman–Crippen LogP) is 3.30. The Morgan fingerprint density at radius 1 is 0.944 bits per heavy atom. The van der Waals surface area contributed by atoms with Gasteiger partial charge in [-0.3, -0.25) is 4.90 Å². The second-order valence-electron chi connectivity index (χ2n) is 5.90. The van der Waals surface area contributed by atoms with Gasteiger partial charge in [-0.1, -0.05) is 58.0 Å². The number of hydrogen-bond donors (Lipinski definition) is 1. The zero-order chi connectivity index (χ0) is 13.5. The van der Waals surface area contributed by atoms with E-state index in [9.17, 15) is 0 Å². The Labute approximate surface area is 112 Å². The van der Waals surface area contributed by atoms with Crippen molar-refractivity contribution in [1.82, 2.24) is 4.90 Å². The molecule has 0 saturated heterocycles. The van der Waals surface area contributed by atoms with Crippen molar-refractivity contribution in [3.05, 3.63) is 35.9 Å². The van der Waals surface area contributed by atoms with Crippen molar-refractivity contribution in [1.29, 1.82) is 0 Å². The minimum atomic E-state index is 0.344. The molecule has 1 aromatic carbocycles. The van der Waals surface area contributed by atoms with Crippen LogP contribution in [0.25, 0.3) is 0 Å². The monoisotopic (exact) mass is 248 g/mol.